The van der Waals surface area contributed by atoms with Crippen molar-refractivity contribution in [3.63, 3.8) is 0 Å². The number of hydrogen-bond donors (Lipinski definition) is 2. The second kappa shape index (κ2) is 5.29. The topological polar surface area (TPSA) is 47.3 Å². The van der Waals surface area contributed by atoms with Gasteiger partial charge in [-0.25, -0.2) is 0 Å². The lowest BCUT2D eigenvalue weighted by molar-refractivity contribution is -0.274. The van der Waals surface area contributed by atoms with Gasteiger partial charge in [-0.3, -0.25) is 5.84 Å². The molecule has 3 N–H and O–H groups in total. The molecule has 3 nitrogen and oxygen atoms in total. The molecular weight excluding hydrogens is 256 g/mol. The molecule has 0 saturated heterocycles. The quantitative estimate of drug-likeness (QED) is 0.637. The van der Waals surface area contributed by atoms with Crippen molar-refractivity contribution in [2.75, 3.05) is 5.43 Å². The molecule has 0 unspecified atom stereocenters. The van der Waals surface area contributed by atoms with Crippen molar-refractivity contribution < 1.29 is 17.9 Å². The number of nitrogens with one attached hydrogen (secondary N) is 1. The lowest BCUT2D eigenvalue weighted by Crippen LogP contribution is -2.19. The maximum absolute atomic E-state index is 11.9. The summed E-state index contributed by atoms with van der Waals surface area (Å²) in [5.41, 5.74) is 2.07. The normalized spacial score (nSPS) is 10.5. The number of benzene rings is 1. The van der Waals surface area contributed by atoms with Gasteiger partial charge in [-0.05, 0) is 12.1 Å². The summed E-state index contributed by atoms with van der Waals surface area (Å²) in [5.74, 6) is 4.51. The number of nitrogens with two attached hydrogens (primary N) is 1. The second-order valence-corrected chi connectivity index (χ2v) is 2.77. The summed E-state index contributed by atoms with van der Waals surface area (Å²) < 4.78 is 39.2. The highest BCUT2D eigenvalue weighted by atomic mass is 35.5. The number of hydrazine groups is 1. The fourth-order valence-electron chi connectivity index (χ4n) is 0.825. The van der Waals surface area contributed by atoms with E-state index in [9.17, 15) is 13.2 Å². The molecule has 86 valence electrons. The molecule has 0 aliphatic carbocycles. The van der Waals surface area contributed by atoms with Crippen LogP contribution in [0.15, 0.2) is 18.2 Å². The number of nitrogen functional groups attached to an aromatic ring is 1. The molecule has 15 heavy (non-hydrogen) atoms. The zero-order valence-electron chi connectivity index (χ0n) is 7.14. The molecule has 0 aromatic heterocycles. The van der Waals surface area contributed by atoms with Gasteiger partial charge in [-0.2, -0.15) is 0 Å². The van der Waals surface area contributed by atoms with Crippen LogP contribution in [0.25, 0.3) is 0 Å². The maximum Gasteiger partial charge on any atom is 0.573 e. The van der Waals surface area contributed by atoms with Gasteiger partial charge >= 0.3 is 6.36 Å². The molecule has 1 aromatic rings. The Hall–Kier alpha value is -0.850. The molecule has 1 aromatic carbocycles. The Bertz CT molecular complexity index is 333. The molecule has 0 aliphatic heterocycles. The van der Waals surface area contributed by atoms with E-state index in [1.54, 1.807) is 0 Å². The van der Waals surface area contributed by atoms with Crippen molar-refractivity contribution in [2.45, 2.75) is 6.36 Å². The molecule has 0 atom stereocenters. The smallest absolute Gasteiger partial charge is 0.403 e. The SMILES string of the molecule is Cl.NNc1ccc(Cl)cc1OC(F)(F)F. The van der Waals surface area contributed by atoms with Gasteiger partial charge in [-0.1, -0.05) is 11.6 Å². The van der Waals surface area contributed by atoms with Crippen LogP contribution in [0.2, 0.25) is 5.02 Å². The van der Waals surface area contributed by atoms with Crippen LogP contribution in [0, 0.1) is 0 Å². The Kier molecular flexibility index (Phi) is 4.99. The van der Waals surface area contributed by atoms with Crippen molar-refractivity contribution in [1.82, 2.24) is 0 Å². The van der Waals surface area contributed by atoms with Crippen molar-refractivity contribution >= 4 is 29.7 Å². The minimum absolute atomic E-state index is 0. The molecule has 0 fully saturated rings. The van der Waals surface area contributed by atoms with Crippen LogP contribution in [-0.2, 0) is 0 Å². The minimum atomic E-state index is -4.77. The Morgan fingerprint density at radius 3 is 2.40 bits per heavy atom. The van der Waals surface area contributed by atoms with Gasteiger partial charge in [-0.15, -0.1) is 25.6 Å². The van der Waals surface area contributed by atoms with Gasteiger partial charge in [0.2, 0.25) is 0 Å². The fraction of sp³-hybridized carbons (Fsp3) is 0.143. The second-order valence-electron chi connectivity index (χ2n) is 2.33. The number of hydrogen-bond acceptors (Lipinski definition) is 3. The number of halogens is 5. The molecule has 0 amide bonds. The third kappa shape index (κ3) is 4.46. The third-order valence-electron chi connectivity index (χ3n) is 1.32. The summed E-state index contributed by atoms with van der Waals surface area (Å²) in [7, 11) is 0. The van der Waals surface area contributed by atoms with Gasteiger partial charge in [0.25, 0.3) is 0 Å². The highest BCUT2D eigenvalue weighted by Gasteiger charge is 2.32. The Morgan fingerprint density at radius 2 is 1.93 bits per heavy atom. The lowest BCUT2D eigenvalue weighted by atomic mass is 10.3. The van der Waals surface area contributed by atoms with Crippen molar-refractivity contribution in [2.24, 2.45) is 5.84 Å². The van der Waals surface area contributed by atoms with Crippen molar-refractivity contribution in [1.29, 1.82) is 0 Å². The summed E-state index contributed by atoms with van der Waals surface area (Å²) in [6.45, 7) is 0. The number of rotatable bonds is 2. The predicted molar refractivity (Wildman–Crippen MR) is 53.2 cm³/mol. The third-order valence-corrected chi connectivity index (χ3v) is 1.56. The first-order chi connectivity index (χ1) is 6.42. The van der Waals surface area contributed by atoms with Gasteiger partial charge in [0.05, 0.1) is 5.69 Å². The Labute approximate surface area is 94.7 Å². The van der Waals surface area contributed by atoms with E-state index in [0.717, 1.165) is 6.07 Å². The Morgan fingerprint density at radius 1 is 1.33 bits per heavy atom. The van der Waals surface area contributed by atoms with E-state index in [2.05, 4.69) is 10.2 Å². The average molecular weight is 263 g/mol. The van der Waals surface area contributed by atoms with Gasteiger partial charge < -0.3 is 10.2 Å². The molecule has 8 heteroatoms. The molecule has 0 saturated carbocycles. The van der Waals surface area contributed by atoms with E-state index in [-0.39, 0.29) is 23.1 Å². The molecular formula is C7H7Cl2F3N2O. The monoisotopic (exact) mass is 262 g/mol. The maximum atomic E-state index is 11.9. The molecule has 0 spiro atoms. The standard InChI is InChI=1S/C7H6ClF3N2O.ClH/c8-4-1-2-5(13-12)6(3-4)14-7(9,10)11;/h1-3,13H,12H2;1H. The first-order valence-corrected chi connectivity index (χ1v) is 3.82. The van der Waals surface area contributed by atoms with Crippen LogP contribution in [0.1, 0.15) is 0 Å². The first kappa shape index (κ1) is 14.2. The average Bonchev–Trinajstić information content (AvgIpc) is 2.01. The molecule has 0 radical (unpaired) electrons. The number of ether oxygens (including phenoxy) is 1. The summed E-state index contributed by atoms with van der Waals surface area (Å²) >= 11 is 5.49. The first-order valence-electron chi connectivity index (χ1n) is 3.44. The molecule has 0 aliphatic rings. The number of alkyl halides is 3. The highest BCUT2D eigenvalue weighted by Crippen LogP contribution is 2.31. The van der Waals surface area contributed by atoms with Crippen LogP contribution in [0.4, 0.5) is 18.9 Å². The largest absolute Gasteiger partial charge is 0.573 e. The van der Waals surface area contributed by atoms with Crippen LogP contribution < -0.4 is 16.0 Å². The van der Waals surface area contributed by atoms with E-state index in [4.69, 9.17) is 17.4 Å². The zero-order chi connectivity index (χ0) is 10.8. The van der Waals surface area contributed by atoms with Crippen molar-refractivity contribution in [3.05, 3.63) is 23.2 Å². The summed E-state index contributed by atoms with van der Waals surface area (Å²) in [5, 5.41) is 0.128. The van der Waals surface area contributed by atoms with E-state index in [0.29, 0.717) is 0 Å². The predicted octanol–water partition coefficient (Wildman–Crippen LogP) is 2.95. The summed E-state index contributed by atoms with van der Waals surface area (Å²) in [4.78, 5) is 0. The van der Waals surface area contributed by atoms with Crippen LogP contribution in [-0.4, -0.2) is 6.36 Å². The van der Waals surface area contributed by atoms with Crippen molar-refractivity contribution in [3.8, 4) is 5.75 Å². The molecule has 1 rings (SSSR count). The summed E-state index contributed by atoms with van der Waals surface area (Å²) in [6, 6.07) is 3.69. The summed E-state index contributed by atoms with van der Waals surface area (Å²) in [6.07, 6.45) is -4.77. The van der Waals surface area contributed by atoms with Crippen LogP contribution in [0.3, 0.4) is 0 Å². The van der Waals surface area contributed by atoms with Crippen LogP contribution in [0.5, 0.6) is 5.75 Å². The van der Waals surface area contributed by atoms with Crippen LogP contribution >= 0.6 is 24.0 Å². The van der Waals surface area contributed by atoms with Gasteiger partial charge in [0.1, 0.15) is 0 Å². The van der Waals surface area contributed by atoms with Gasteiger partial charge in [0.15, 0.2) is 5.75 Å². The zero-order valence-corrected chi connectivity index (χ0v) is 8.71. The molecule has 0 heterocycles. The van der Waals surface area contributed by atoms with E-state index in [1.165, 1.54) is 12.1 Å². The fourth-order valence-corrected chi connectivity index (χ4v) is 0.987. The lowest BCUT2D eigenvalue weighted by Gasteiger charge is -2.12. The van der Waals surface area contributed by atoms with E-state index >= 15 is 0 Å². The highest BCUT2D eigenvalue weighted by molar-refractivity contribution is 6.30. The Balaban J connectivity index is 0.00000196. The van der Waals surface area contributed by atoms with E-state index < -0.39 is 12.1 Å². The van der Waals surface area contributed by atoms with E-state index in [1.807, 2.05) is 0 Å². The van der Waals surface area contributed by atoms with Gasteiger partial charge in [0, 0.05) is 11.1 Å². The number of anilines is 1. The molecule has 0 bridgehead atoms. The minimum Gasteiger partial charge on any atom is -0.403 e.